The fraction of sp³-hybridized carbons (Fsp3) is 0.368. The van der Waals surface area contributed by atoms with Gasteiger partial charge < -0.3 is 10.0 Å². The Hall–Kier alpha value is -3.16. The lowest BCUT2D eigenvalue weighted by Gasteiger charge is -2.16. The van der Waals surface area contributed by atoms with Gasteiger partial charge in [0, 0.05) is 25.1 Å². The minimum atomic E-state index is -0.506. The van der Waals surface area contributed by atoms with Crippen LogP contribution in [0.25, 0.3) is 5.65 Å². The Morgan fingerprint density at radius 1 is 1.33 bits per heavy atom. The predicted molar refractivity (Wildman–Crippen MR) is 98.8 cm³/mol. The van der Waals surface area contributed by atoms with Crippen LogP contribution >= 0.6 is 0 Å². The second-order valence-corrected chi connectivity index (χ2v) is 6.91. The second-order valence-electron chi connectivity index (χ2n) is 6.91. The standard InChI is InChI=1S/C19H21N5O3/c1-23(11-15-12-6-3-2-4-7-14(12)21-22-15)18(26)13-10-20-17-16(25)8-5-9-24(17)19(13)27/h5,8-10,25H,2-4,6-7,11H2,1H3,(H,21,22). The number of hydrogen-bond acceptors (Lipinski definition) is 5. The van der Waals surface area contributed by atoms with Crippen LogP contribution in [-0.4, -0.2) is 42.5 Å². The largest absolute Gasteiger partial charge is 0.504 e. The highest BCUT2D eigenvalue weighted by Gasteiger charge is 2.22. The smallest absolute Gasteiger partial charge is 0.270 e. The number of hydrogen-bond donors (Lipinski definition) is 2. The van der Waals surface area contributed by atoms with Crippen molar-refractivity contribution < 1.29 is 9.90 Å². The Morgan fingerprint density at radius 2 is 2.15 bits per heavy atom. The summed E-state index contributed by atoms with van der Waals surface area (Å²) in [5.74, 6) is -0.531. The molecule has 8 heteroatoms. The first-order chi connectivity index (χ1) is 13.1. The fourth-order valence-electron chi connectivity index (χ4n) is 3.60. The van der Waals surface area contributed by atoms with Gasteiger partial charge in [0.2, 0.25) is 0 Å². The Balaban J connectivity index is 1.62. The van der Waals surface area contributed by atoms with E-state index in [0.29, 0.717) is 6.54 Å². The van der Waals surface area contributed by atoms with Gasteiger partial charge in [-0.05, 0) is 43.4 Å². The van der Waals surface area contributed by atoms with Crippen LogP contribution in [0.3, 0.4) is 0 Å². The number of carbonyl (C=O) groups is 1. The highest BCUT2D eigenvalue weighted by atomic mass is 16.3. The summed E-state index contributed by atoms with van der Waals surface area (Å²) in [4.78, 5) is 31.0. The zero-order valence-corrected chi connectivity index (χ0v) is 15.1. The average molecular weight is 367 g/mol. The van der Waals surface area contributed by atoms with E-state index in [1.54, 1.807) is 7.05 Å². The Morgan fingerprint density at radius 3 is 3.00 bits per heavy atom. The van der Waals surface area contributed by atoms with Crippen molar-refractivity contribution in [2.45, 2.75) is 38.6 Å². The Bertz CT molecular complexity index is 1070. The summed E-state index contributed by atoms with van der Waals surface area (Å²) >= 11 is 0. The van der Waals surface area contributed by atoms with Crippen molar-refractivity contribution in [1.82, 2.24) is 24.5 Å². The van der Waals surface area contributed by atoms with Gasteiger partial charge in [-0.2, -0.15) is 5.10 Å². The summed E-state index contributed by atoms with van der Waals surface area (Å²) in [6, 6.07) is 2.97. The van der Waals surface area contributed by atoms with Crippen molar-refractivity contribution in [2.75, 3.05) is 7.05 Å². The maximum absolute atomic E-state index is 12.8. The van der Waals surface area contributed by atoms with E-state index >= 15 is 0 Å². The van der Waals surface area contributed by atoms with Crippen LogP contribution in [0.5, 0.6) is 5.75 Å². The van der Waals surface area contributed by atoms with Gasteiger partial charge in [-0.3, -0.25) is 19.1 Å². The molecule has 3 aromatic heterocycles. The lowest BCUT2D eigenvalue weighted by atomic mass is 10.1. The maximum atomic E-state index is 12.8. The maximum Gasteiger partial charge on any atom is 0.270 e. The van der Waals surface area contributed by atoms with Crippen LogP contribution in [0.1, 0.15) is 46.6 Å². The normalized spacial score (nSPS) is 14.0. The van der Waals surface area contributed by atoms with E-state index in [1.807, 2.05) is 0 Å². The number of nitrogens with zero attached hydrogens (tertiary/aromatic N) is 4. The fourth-order valence-corrected chi connectivity index (χ4v) is 3.60. The molecular formula is C19H21N5O3. The number of aromatic amines is 1. The molecule has 0 radical (unpaired) electrons. The SMILES string of the molecule is CN(Cc1n[nH]c2c1CCCCC2)C(=O)c1cnc2c(O)cccn2c1=O. The van der Waals surface area contributed by atoms with E-state index in [4.69, 9.17) is 0 Å². The van der Waals surface area contributed by atoms with Gasteiger partial charge in [0.05, 0.1) is 12.2 Å². The van der Waals surface area contributed by atoms with Crippen LogP contribution < -0.4 is 5.56 Å². The lowest BCUT2D eigenvalue weighted by Crippen LogP contribution is -2.33. The van der Waals surface area contributed by atoms with Crippen LogP contribution in [0.15, 0.2) is 29.3 Å². The molecule has 27 heavy (non-hydrogen) atoms. The number of aromatic nitrogens is 4. The van der Waals surface area contributed by atoms with Crippen LogP contribution in [-0.2, 0) is 19.4 Å². The molecule has 140 valence electrons. The third kappa shape index (κ3) is 3.07. The molecule has 0 saturated heterocycles. The molecular weight excluding hydrogens is 346 g/mol. The number of amides is 1. The van der Waals surface area contributed by atoms with E-state index in [2.05, 4.69) is 15.2 Å². The van der Waals surface area contributed by atoms with Crippen LogP contribution in [0.4, 0.5) is 0 Å². The topological polar surface area (TPSA) is 104 Å². The van der Waals surface area contributed by atoms with E-state index in [0.717, 1.165) is 37.1 Å². The van der Waals surface area contributed by atoms with Gasteiger partial charge in [0.25, 0.3) is 11.5 Å². The number of H-pyrrole nitrogens is 1. The minimum Gasteiger partial charge on any atom is -0.504 e. The van der Waals surface area contributed by atoms with E-state index in [9.17, 15) is 14.7 Å². The molecule has 0 unspecified atom stereocenters. The van der Waals surface area contributed by atoms with Crippen molar-refractivity contribution in [3.05, 3.63) is 57.4 Å². The molecule has 0 fully saturated rings. The van der Waals surface area contributed by atoms with Crippen LogP contribution in [0.2, 0.25) is 0 Å². The summed E-state index contributed by atoms with van der Waals surface area (Å²) in [7, 11) is 1.65. The summed E-state index contributed by atoms with van der Waals surface area (Å²) in [5, 5.41) is 17.3. The molecule has 4 rings (SSSR count). The second kappa shape index (κ2) is 6.86. The lowest BCUT2D eigenvalue weighted by molar-refractivity contribution is 0.0780. The number of pyridine rings is 1. The third-order valence-corrected chi connectivity index (χ3v) is 5.07. The van der Waals surface area contributed by atoms with Gasteiger partial charge in [0.15, 0.2) is 11.4 Å². The predicted octanol–water partition coefficient (Wildman–Crippen LogP) is 1.66. The molecule has 0 atom stereocenters. The molecule has 1 aliphatic carbocycles. The van der Waals surface area contributed by atoms with Crippen molar-refractivity contribution in [1.29, 1.82) is 0 Å². The zero-order valence-electron chi connectivity index (χ0n) is 15.1. The zero-order chi connectivity index (χ0) is 19.0. The minimum absolute atomic E-state index is 0.0396. The average Bonchev–Trinajstić information content (AvgIpc) is 2.88. The first kappa shape index (κ1) is 17.3. The Kier molecular flexibility index (Phi) is 4.39. The summed E-state index contributed by atoms with van der Waals surface area (Å²) < 4.78 is 1.18. The van der Waals surface area contributed by atoms with Gasteiger partial charge in [0.1, 0.15) is 5.56 Å². The van der Waals surface area contributed by atoms with Gasteiger partial charge in [-0.25, -0.2) is 4.98 Å². The molecule has 3 heterocycles. The summed E-state index contributed by atoms with van der Waals surface area (Å²) in [5.41, 5.74) is 2.79. The number of aromatic hydroxyl groups is 1. The van der Waals surface area contributed by atoms with Crippen molar-refractivity contribution in [3.63, 3.8) is 0 Å². The first-order valence-electron chi connectivity index (χ1n) is 9.06. The quantitative estimate of drug-likeness (QED) is 0.685. The number of aryl methyl sites for hydroxylation is 1. The first-order valence-corrected chi connectivity index (χ1v) is 9.06. The molecule has 0 spiro atoms. The van der Waals surface area contributed by atoms with Crippen molar-refractivity contribution >= 4 is 11.6 Å². The van der Waals surface area contributed by atoms with E-state index < -0.39 is 11.5 Å². The van der Waals surface area contributed by atoms with E-state index in [-0.39, 0.29) is 17.0 Å². The summed E-state index contributed by atoms with van der Waals surface area (Å²) in [6.07, 6.45) is 8.12. The third-order valence-electron chi connectivity index (χ3n) is 5.07. The number of nitrogens with one attached hydrogen (secondary N) is 1. The molecule has 0 bridgehead atoms. The van der Waals surface area contributed by atoms with Gasteiger partial charge >= 0.3 is 0 Å². The Labute approximate surface area is 155 Å². The molecule has 3 aromatic rings. The number of carbonyl (C=O) groups excluding carboxylic acids is 1. The molecule has 1 aliphatic rings. The molecule has 0 aromatic carbocycles. The van der Waals surface area contributed by atoms with Crippen molar-refractivity contribution in [2.24, 2.45) is 0 Å². The number of fused-ring (bicyclic) bond motifs is 2. The summed E-state index contributed by atoms with van der Waals surface area (Å²) in [6.45, 7) is 0.326. The van der Waals surface area contributed by atoms with E-state index in [1.165, 1.54) is 45.8 Å². The molecule has 8 nitrogen and oxygen atoms in total. The molecule has 0 saturated carbocycles. The van der Waals surface area contributed by atoms with Gasteiger partial charge in [-0.15, -0.1) is 0 Å². The number of rotatable bonds is 3. The highest BCUT2D eigenvalue weighted by Crippen LogP contribution is 2.22. The van der Waals surface area contributed by atoms with Gasteiger partial charge in [-0.1, -0.05) is 6.42 Å². The molecule has 0 aliphatic heterocycles. The monoisotopic (exact) mass is 367 g/mol. The van der Waals surface area contributed by atoms with Crippen molar-refractivity contribution in [3.8, 4) is 5.75 Å². The highest BCUT2D eigenvalue weighted by molar-refractivity contribution is 5.93. The molecule has 2 N–H and O–H groups in total. The molecule has 1 amide bonds. The van der Waals surface area contributed by atoms with Crippen LogP contribution in [0, 0.1) is 0 Å².